The van der Waals surface area contributed by atoms with Crippen LogP contribution in [0.25, 0.3) is 10.9 Å². The van der Waals surface area contributed by atoms with E-state index in [9.17, 15) is 0 Å². The van der Waals surface area contributed by atoms with Gasteiger partial charge in [-0.15, -0.1) is 0 Å². The van der Waals surface area contributed by atoms with Crippen molar-refractivity contribution in [3.8, 4) is 0 Å². The van der Waals surface area contributed by atoms with Crippen molar-refractivity contribution in [3.63, 3.8) is 0 Å². The molecular formula is C18H29N3. The summed E-state index contributed by atoms with van der Waals surface area (Å²) in [5.74, 6) is 0.696. The number of nitrogens with one attached hydrogen (secondary N) is 1. The maximum Gasteiger partial charge on any atom is 0.0709 e. The Morgan fingerprint density at radius 1 is 1.29 bits per heavy atom. The van der Waals surface area contributed by atoms with Gasteiger partial charge < -0.3 is 5.32 Å². The molecular weight excluding hydrogens is 258 g/mol. The van der Waals surface area contributed by atoms with E-state index in [0.717, 1.165) is 25.9 Å². The van der Waals surface area contributed by atoms with E-state index in [1.807, 2.05) is 11.7 Å². The molecule has 0 radical (unpaired) electrons. The highest BCUT2D eigenvalue weighted by molar-refractivity contribution is 5.81. The van der Waals surface area contributed by atoms with Crippen LogP contribution in [0.5, 0.6) is 0 Å². The monoisotopic (exact) mass is 287 g/mol. The van der Waals surface area contributed by atoms with E-state index in [0.29, 0.717) is 5.92 Å². The molecule has 0 amide bonds. The summed E-state index contributed by atoms with van der Waals surface area (Å²) < 4.78 is 2.00. The first-order valence-electron chi connectivity index (χ1n) is 8.06. The quantitative estimate of drug-likeness (QED) is 0.840. The zero-order valence-electron chi connectivity index (χ0n) is 14.1. The molecule has 1 unspecified atom stereocenters. The Morgan fingerprint density at radius 3 is 2.67 bits per heavy atom. The Bertz CT molecular complexity index is 585. The van der Waals surface area contributed by atoms with E-state index in [1.165, 1.54) is 16.6 Å². The summed E-state index contributed by atoms with van der Waals surface area (Å²) in [6, 6.07) is 8.52. The highest BCUT2D eigenvalue weighted by atomic mass is 15.3. The van der Waals surface area contributed by atoms with Gasteiger partial charge in [0.25, 0.3) is 0 Å². The third kappa shape index (κ3) is 3.85. The third-order valence-electron chi connectivity index (χ3n) is 4.39. The van der Waals surface area contributed by atoms with Crippen LogP contribution < -0.4 is 5.32 Å². The van der Waals surface area contributed by atoms with Crippen molar-refractivity contribution in [2.75, 3.05) is 13.1 Å². The van der Waals surface area contributed by atoms with Crippen molar-refractivity contribution in [3.05, 3.63) is 30.0 Å². The highest BCUT2D eigenvalue weighted by Gasteiger charge is 2.25. The van der Waals surface area contributed by atoms with Crippen molar-refractivity contribution >= 4 is 10.9 Å². The molecule has 1 atom stereocenters. The van der Waals surface area contributed by atoms with Crippen LogP contribution in [0, 0.1) is 11.3 Å². The minimum absolute atomic E-state index is 0.256. The van der Waals surface area contributed by atoms with Crippen molar-refractivity contribution < 1.29 is 0 Å². The molecule has 0 aliphatic rings. The van der Waals surface area contributed by atoms with Gasteiger partial charge in [-0.1, -0.05) is 45.9 Å². The van der Waals surface area contributed by atoms with Crippen LogP contribution in [-0.4, -0.2) is 22.9 Å². The molecule has 1 N–H and O–H groups in total. The molecule has 116 valence electrons. The molecule has 0 spiro atoms. The van der Waals surface area contributed by atoms with Gasteiger partial charge in [-0.2, -0.15) is 5.10 Å². The predicted octanol–water partition coefficient (Wildman–Crippen LogP) is 3.78. The number of aryl methyl sites for hydroxylation is 1. The second kappa shape index (κ2) is 6.61. The lowest BCUT2D eigenvalue weighted by molar-refractivity contribution is 0.282. The highest BCUT2D eigenvalue weighted by Crippen LogP contribution is 2.29. The molecule has 1 aromatic heterocycles. The van der Waals surface area contributed by atoms with Gasteiger partial charge in [0.1, 0.15) is 0 Å². The molecule has 0 bridgehead atoms. The Hall–Kier alpha value is -1.35. The number of rotatable bonds is 7. The minimum Gasteiger partial charge on any atom is -0.316 e. The lowest BCUT2D eigenvalue weighted by Crippen LogP contribution is -2.35. The van der Waals surface area contributed by atoms with Crippen LogP contribution in [0.1, 0.15) is 39.8 Å². The Kier molecular flexibility index (Phi) is 5.04. The number of nitrogens with zero attached hydrogens (tertiary/aromatic N) is 2. The second-order valence-electron chi connectivity index (χ2n) is 6.95. The summed E-state index contributed by atoms with van der Waals surface area (Å²) in [7, 11) is 2.03. The second-order valence-corrected chi connectivity index (χ2v) is 6.95. The van der Waals surface area contributed by atoms with Gasteiger partial charge in [0.15, 0.2) is 0 Å². The van der Waals surface area contributed by atoms with Gasteiger partial charge in [-0.25, -0.2) is 0 Å². The zero-order valence-corrected chi connectivity index (χ0v) is 14.1. The summed E-state index contributed by atoms with van der Waals surface area (Å²) in [5, 5.41) is 9.67. The number of benzene rings is 1. The molecule has 1 heterocycles. The molecule has 0 saturated carbocycles. The molecule has 0 aliphatic heterocycles. The molecule has 2 aromatic rings. The Balaban J connectivity index is 2.16. The van der Waals surface area contributed by atoms with Gasteiger partial charge in [0.2, 0.25) is 0 Å². The molecule has 3 nitrogen and oxygen atoms in total. The van der Waals surface area contributed by atoms with E-state index >= 15 is 0 Å². The van der Waals surface area contributed by atoms with Crippen molar-refractivity contribution in [2.24, 2.45) is 18.4 Å². The van der Waals surface area contributed by atoms with Crippen LogP contribution >= 0.6 is 0 Å². The van der Waals surface area contributed by atoms with Crippen LogP contribution in [0.2, 0.25) is 0 Å². The SMILES string of the molecule is CCC(C)(CNCC(C)C)Cc1nn(C)c2ccccc12. The largest absolute Gasteiger partial charge is 0.316 e. The van der Waals surface area contributed by atoms with E-state index in [4.69, 9.17) is 5.10 Å². The lowest BCUT2D eigenvalue weighted by atomic mass is 9.82. The first-order valence-corrected chi connectivity index (χ1v) is 8.06. The van der Waals surface area contributed by atoms with Crippen LogP contribution in [-0.2, 0) is 13.5 Å². The van der Waals surface area contributed by atoms with Crippen LogP contribution in [0.15, 0.2) is 24.3 Å². The van der Waals surface area contributed by atoms with Crippen LogP contribution in [0.4, 0.5) is 0 Å². The number of aromatic nitrogens is 2. The molecule has 0 aliphatic carbocycles. The Labute approximate surface area is 128 Å². The fraction of sp³-hybridized carbons (Fsp3) is 0.611. The topological polar surface area (TPSA) is 29.9 Å². The van der Waals surface area contributed by atoms with Crippen LogP contribution in [0.3, 0.4) is 0 Å². The van der Waals surface area contributed by atoms with Gasteiger partial charge >= 0.3 is 0 Å². The fourth-order valence-corrected chi connectivity index (χ4v) is 2.80. The molecule has 3 heteroatoms. The van der Waals surface area contributed by atoms with Gasteiger partial charge in [0, 0.05) is 19.0 Å². The standard InChI is InChI=1S/C18H29N3/c1-6-18(4,13-19-12-14(2)3)11-16-15-9-7-8-10-17(15)21(5)20-16/h7-10,14,19H,6,11-13H2,1-5H3. The minimum atomic E-state index is 0.256. The summed E-state index contributed by atoms with van der Waals surface area (Å²) >= 11 is 0. The number of hydrogen-bond acceptors (Lipinski definition) is 2. The van der Waals surface area contributed by atoms with E-state index in [-0.39, 0.29) is 5.41 Å². The van der Waals surface area contributed by atoms with Gasteiger partial charge in [-0.3, -0.25) is 4.68 Å². The van der Waals surface area contributed by atoms with Crippen molar-refractivity contribution in [2.45, 2.75) is 40.5 Å². The average Bonchev–Trinajstić information content (AvgIpc) is 2.75. The van der Waals surface area contributed by atoms with E-state index in [2.05, 4.69) is 57.3 Å². The summed E-state index contributed by atoms with van der Waals surface area (Å²) in [5.41, 5.74) is 2.70. The number of fused-ring (bicyclic) bond motifs is 1. The van der Waals surface area contributed by atoms with E-state index < -0.39 is 0 Å². The lowest BCUT2D eigenvalue weighted by Gasteiger charge is -2.28. The summed E-state index contributed by atoms with van der Waals surface area (Å²) in [4.78, 5) is 0. The first kappa shape index (κ1) is 16.0. The third-order valence-corrected chi connectivity index (χ3v) is 4.39. The number of para-hydroxylation sites is 1. The predicted molar refractivity (Wildman–Crippen MR) is 90.5 cm³/mol. The average molecular weight is 287 g/mol. The fourth-order valence-electron chi connectivity index (χ4n) is 2.80. The molecule has 0 fully saturated rings. The Morgan fingerprint density at radius 2 is 2.00 bits per heavy atom. The zero-order chi connectivity index (χ0) is 15.5. The van der Waals surface area contributed by atoms with E-state index in [1.54, 1.807) is 0 Å². The number of hydrogen-bond donors (Lipinski definition) is 1. The van der Waals surface area contributed by atoms with Gasteiger partial charge in [0.05, 0.1) is 11.2 Å². The summed E-state index contributed by atoms with van der Waals surface area (Å²) in [6.45, 7) is 11.3. The van der Waals surface area contributed by atoms with Gasteiger partial charge in [-0.05, 0) is 36.8 Å². The van der Waals surface area contributed by atoms with Crippen molar-refractivity contribution in [1.82, 2.24) is 15.1 Å². The molecule has 1 aromatic carbocycles. The maximum absolute atomic E-state index is 4.75. The summed E-state index contributed by atoms with van der Waals surface area (Å²) in [6.07, 6.45) is 2.18. The van der Waals surface area contributed by atoms with Crippen molar-refractivity contribution in [1.29, 1.82) is 0 Å². The first-order chi connectivity index (χ1) is 9.95. The maximum atomic E-state index is 4.75. The molecule has 21 heavy (non-hydrogen) atoms. The molecule has 2 rings (SSSR count). The smallest absolute Gasteiger partial charge is 0.0709 e. The molecule has 0 saturated heterocycles. The normalized spacial score (nSPS) is 14.8.